The molecule has 0 unspecified atom stereocenters. The van der Waals surface area contributed by atoms with E-state index in [9.17, 15) is 13.5 Å². The second-order valence-electron chi connectivity index (χ2n) is 10.8. The number of rotatable bonds is 6. The lowest BCUT2D eigenvalue weighted by atomic mass is 9.80. The minimum atomic E-state index is -3.65. The first-order valence-corrected chi connectivity index (χ1v) is 13.0. The van der Waals surface area contributed by atoms with Gasteiger partial charge in [0, 0.05) is 19.2 Å². The van der Waals surface area contributed by atoms with Gasteiger partial charge in [0.1, 0.15) is 11.4 Å². The maximum absolute atomic E-state index is 13.0. The Kier molecular flexibility index (Phi) is 7.53. The zero-order valence-electron chi connectivity index (χ0n) is 21.6. The molecule has 0 saturated carbocycles. The number of benzene rings is 3. The van der Waals surface area contributed by atoms with Gasteiger partial charge in [-0.1, -0.05) is 77.9 Å². The molecule has 3 rings (SSSR count). The first-order valence-electron chi connectivity index (χ1n) is 11.6. The molecular weight excluding hydrogens is 458 g/mol. The predicted octanol–water partition coefficient (Wildman–Crippen LogP) is 7.22. The molecule has 0 aromatic heterocycles. The van der Waals surface area contributed by atoms with E-state index in [2.05, 4.69) is 31.0 Å². The van der Waals surface area contributed by atoms with Crippen LogP contribution in [0.5, 0.6) is 5.75 Å². The molecular formula is C28H35N3O3S. The Morgan fingerprint density at radius 2 is 1.43 bits per heavy atom. The maximum Gasteiger partial charge on any atom is 0.243 e. The Bertz CT molecular complexity index is 1300. The quantitative estimate of drug-likeness (QED) is 0.368. The molecule has 0 aliphatic carbocycles. The largest absolute Gasteiger partial charge is 0.505 e. The van der Waals surface area contributed by atoms with Crippen LogP contribution in [0.4, 0.5) is 11.4 Å². The number of phenolic OH excluding ortho intramolecular Hbond substituents is 1. The SMILES string of the molecule is CN(Cc1ccccc1)S(=O)(=O)c1ccc(N=Nc2cc(C(C)(C)C)cc(C(C)(C)C)c2O)cc1. The first-order chi connectivity index (χ1) is 16.2. The van der Waals surface area contributed by atoms with E-state index in [0.29, 0.717) is 11.4 Å². The number of azo groups is 1. The van der Waals surface area contributed by atoms with Crippen molar-refractivity contribution in [1.82, 2.24) is 4.31 Å². The lowest BCUT2D eigenvalue weighted by Gasteiger charge is -2.26. The summed E-state index contributed by atoms with van der Waals surface area (Å²) in [4.78, 5) is 0.183. The molecule has 35 heavy (non-hydrogen) atoms. The highest BCUT2D eigenvalue weighted by Crippen LogP contribution is 2.42. The molecule has 0 saturated heterocycles. The third-order valence-electron chi connectivity index (χ3n) is 5.83. The predicted molar refractivity (Wildman–Crippen MR) is 141 cm³/mol. The van der Waals surface area contributed by atoms with Crippen molar-refractivity contribution in [2.75, 3.05) is 7.05 Å². The molecule has 0 spiro atoms. The Hall–Kier alpha value is -3.03. The maximum atomic E-state index is 13.0. The van der Waals surface area contributed by atoms with Crippen molar-refractivity contribution in [2.24, 2.45) is 10.2 Å². The summed E-state index contributed by atoms with van der Waals surface area (Å²) in [6.45, 7) is 12.8. The van der Waals surface area contributed by atoms with Gasteiger partial charge in [0.25, 0.3) is 0 Å². The van der Waals surface area contributed by atoms with Crippen LogP contribution in [-0.4, -0.2) is 24.9 Å². The normalized spacial score (nSPS) is 13.0. The standard InChI is InChI=1S/C28H35N3O3S/c1-27(2,3)21-17-24(28(4,5)6)26(32)25(18-21)30-29-22-13-15-23(16-14-22)35(33,34)31(7)19-20-11-9-8-10-12-20/h8-18,32H,19H2,1-7H3. The Labute approximate surface area is 209 Å². The summed E-state index contributed by atoms with van der Waals surface area (Å²) in [6, 6.07) is 19.6. The molecule has 0 fully saturated rings. The monoisotopic (exact) mass is 493 g/mol. The van der Waals surface area contributed by atoms with Crippen LogP contribution in [0.25, 0.3) is 0 Å². The smallest absolute Gasteiger partial charge is 0.243 e. The van der Waals surface area contributed by atoms with Crippen LogP contribution in [0.3, 0.4) is 0 Å². The topological polar surface area (TPSA) is 82.3 Å². The summed E-state index contributed by atoms with van der Waals surface area (Å²) >= 11 is 0. The second-order valence-corrected chi connectivity index (χ2v) is 12.9. The van der Waals surface area contributed by atoms with Crippen molar-refractivity contribution in [1.29, 1.82) is 0 Å². The second kappa shape index (κ2) is 9.91. The molecule has 0 aliphatic rings. The highest BCUT2D eigenvalue weighted by Gasteiger charge is 2.25. The zero-order valence-corrected chi connectivity index (χ0v) is 22.4. The molecule has 0 atom stereocenters. The minimum Gasteiger partial charge on any atom is -0.505 e. The minimum absolute atomic E-state index is 0.107. The molecule has 0 aliphatic heterocycles. The van der Waals surface area contributed by atoms with Gasteiger partial charge in [-0.05, 0) is 52.3 Å². The molecule has 186 valence electrons. The van der Waals surface area contributed by atoms with E-state index in [4.69, 9.17) is 0 Å². The lowest BCUT2D eigenvalue weighted by molar-refractivity contribution is 0.446. The van der Waals surface area contributed by atoms with Crippen LogP contribution in [0.15, 0.2) is 81.9 Å². The first kappa shape index (κ1) is 26.6. The highest BCUT2D eigenvalue weighted by atomic mass is 32.2. The van der Waals surface area contributed by atoms with Gasteiger partial charge in [-0.3, -0.25) is 0 Å². The average molecular weight is 494 g/mol. The lowest BCUT2D eigenvalue weighted by Crippen LogP contribution is -2.26. The van der Waals surface area contributed by atoms with Gasteiger partial charge in [-0.2, -0.15) is 9.42 Å². The number of hydrogen-bond acceptors (Lipinski definition) is 5. The van der Waals surface area contributed by atoms with Gasteiger partial charge in [-0.15, -0.1) is 5.11 Å². The fourth-order valence-corrected chi connectivity index (χ4v) is 4.76. The summed E-state index contributed by atoms with van der Waals surface area (Å²) in [7, 11) is -2.09. The number of nitrogens with zero attached hydrogens (tertiary/aromatic N) is 3. The number of aromatic hydroxyl groups is 1. The van der Waals surface area contributed by atoms with Crippen LogP contribution in [0.1, 0.15) is 58.2 Å². The summed E-state index contributed by atoms with van der Waals surface area (Å²) in [6.07, 6.45) is 0. The Morgan fingerprint density at radius 3 is 1.97 bits per heavy atom. The van der Waals surface area contributed by atoms with Crippen molar-refractivity contribution in [3.8, 4) is 5.75 Å². The molecule has 1 N–H and O–H groups in total. The van der Waals surface area contributed by atoms with Crippen LogP contribution in [0.2, 0.25) is 0 Å². The Balaban J connectivity index is 1.87. The molecule has 0 bridgehead atoms. The average Bonchev–Trinajstić information content (AvgIpc) is 2.77. The van der Waals surface area contributed by atoms with Crippen molar-refractivity contribution in [3.63, 3.8) is 0 Å². The fraction of sp³-hybridized carbons (Fsp3) is 0.357. The van der Waals surface area contributed by atoms with E-state index in [1.807, 2.05) is 63.2 Å². The third kappa shape index (κ3) is 6.35. The molecule has 7 heteroatoms. The van der Waals surface area contributed by atoms with E-state index in [0.717, 1.165) is 16.7 Å². The zero-order chi connectivity index (χ0) is 26.0. The van der Waals surface area contributed by atoms with Gasteiger partial charge in [-0.25, -0.2) is 8.42 Å². The van der Waals surface area contributed by atoms with Gasteiger partial charge < -0.3 is 5.11 Å². The van der Waals surface area contributed by atoms with Crippen molar-refractivity contribution >= 4 is 21.4 Å². The molecule has 6 nitrogen and oxygen atoms in total. The van der Waals surface area contributed by atoms with Gasteiger partial charge in [0.05, 0.1) is 10.6 Å². The van der Waals surface area contributed by atoms with E-state index < -0.39 is 10.0 Å². The van der Waals surface area contributed by atoms with Gasteiger partial charge in [0.15, 0.2) is 0 Å². The van der Waals surface area contributed by atoms with Gasteiger partial charge in [0.2, 0.25) is 10.0 Å². The van der Waals surface area contributed by atoms with Gasteiger partial charge >= 0.3 is 0 Å². The molecule has 3 aromatic rings. The summed E-state index contributed by atoms with van der Waals surface area (Å²) in [5.41, 5.74) is 3.26. The molecule has 3 aromatic carbocycles. The van der Waals surface area contributed by atoms with Crippen molar-refractivity contribution in [3.05, 3.63) is 83.4 Å². The van der Waals surface area contributed by atoms with Crippen LogP contribution in [0, 0.1) is 0 Å². The summed E-state index contributed by atoms with van der Waals surface area (Å²) < 4.78 is 27.3. The number of sulfonamides is 1. The van der Waals surface area contributed by atoms with Crippen LogP contribution in [-0.2, 0) is 27.4 Å². The van der Waals surface area contributed by atoms with Crippen LogP contribution >= 0.6 is 0 Å². The van der Waals surface area contributed by atoms with E-state index in [1.165, 1.54) is 16.4 Å². The molecule has 0 radical (unpaired) electrons. The summed E-state index contributed by atoms with van der Waals surface area (Å²) in [5, 5.41) is 19.5. The number of hydrogen-bond donors (Lipinski definition) is 1. The third-order valence-corrected chi connectivity index (χ3v) is 7.65. The van der Waals surface area contributed by atoms with Crippen LogP contribution < -0.4 is 0 Å². The number of phenols is 1. The molecule has 0 heterocycles. The summed E-state index contributed by atoms with van der Waals surface area (Å²) in [5.74, 6) is 0.107. The van der Waals surface area contributed by atoms with E-state index in [-0.39, 0.29) is 28.0 Å². The van der Waals surface area contributed by atoms with E-state index >= 15 is 0 Å². The fourth-order valence-electron chi connectivity index (χ4n) is 3.60. The van der Waals surface area contributed by atoms with Crippen molar-refractivity contribution < 1.29 is 13.5 Å². The molecule has 0 amide bonds. The van der Waals surface area contributed by atoms with Crippen molar-refractivity contribution in [2.45, 2.75) is 63.8 Å². The highest BCUT2D eigenvalue weighted by molar-refractivity contribution is 7.89. The van der Waals surface area contributed by atoms with E-state index in [1.54, 1.807) is 19.2 Å². The Morgan fingerprint density at radius 1 is 0.829 bits per heavy atom.